The van der Waals surface area contributed by atoms with Crippen LogP contribution in [0.2, 0.25) is 0 Å². The smallest absolute Gasteiger partial charge is 0.239 e. The van der Waals surface area contributed by atoms with Crippen molar-refractivity contribution in [2.75, 3.05) is 25.0 Å². The van der Waals surface area contributed by atoms with Gasteiger partial charge in [0.15, 0.2) is 0 Å². The van der Waals surface area contributed by atoms with E-state index in [1.807, 2.05) is 42.3 Å². The highest BCUT2D eigenvalue weighted by Gasteiger charge is 2.11. The standard InChI is InChI=1S/C17H19FN2O2/c1-20(15-5-3-2-4-6-15)12-17(22)19-11-16(21)13-7-9-14(18)10-8-13/h2-10,16,21H,11-12H2,1H3,(H,19,22). The first-order valence-electron chi connectivity index (χ1n) is 7.02. The summed E-state index contributed by atoms with van der Waals surface area (Å²) in [5.74, 6) is -0.544. The van der Waals surface area contributed by atoms with E-state index in [0.717, 1.165) is 5.69 Å². The van der Waals surface area contributed by atoms with Crippen molar-refractivity contribution >= 4 is 11.6 Å². The molecule has 0 radical (unpaired) electrons. The molecule has 0 heterocycles. The molecule has 0 bridgehead atoms. The van der Waals surface area contributed by atoms with Gasteiger partial charge in [-0.1, -0.05) is 30.3 Å². The van der Waals surface area contributed by atoms with Crippen molar-refractivity contribution in [3.05, 3.63) is 66.0 Å². The largest absolute Gasteiger partial charge is 0.387 e. The van der Waals surface area contributed by atoms with Crippen molar-refractivity contribution in [3.8, 4) is 0 Å². The van der Waals surface area contributed by atoms with Crippen LogP contribution >= 0.6 is 0 Å². The molecule has 1 unspecified atom stereocenters. The summed E-state index contributed by atoms with van der Waals surface area (Å²) in [6, 6.07) is 15.1. The monoisotopic (exact) mass is 302 g/mol. The van der Waals surface area contributed by atoms with Crippen LogP contribution in [-0.4, -0.2) is 31.2 Å². The fourth-order valence-electron chi connectivity index (χ4n) is 2.06. The Bertz CT molecular complexity index is 602. The summed E-state index contributed by atoms with van der Waals surface area (Å²) in [6.07, 6.45) is -0.855. The molecule has 2 aromatic rings. The van der Waals surface area contributed by atoms with E-state index in [9.17, 15) is 14.3 Å². The number of likely N-dealkylation sites (N-methyl/N-ethyl adjacent to an activating group) is 1. The van der Waals surface area contributed by atoms with Crippen LogP contribution in [0.1, 0.15) is 11.7 Å². The molecule has 116 valence electrons. The van der Waals surface area contributed by atoms with Crippen LogP contribution < -0.4 is 10.2 Å². The molecule has 1 atom stereocenters. The summed E-state index contributed by atoms with van der Waals surface area (Å²) in [4.78, 5) is 13.7. The van der Waals surface area contributed by atoms with E-state index in [0.29, 0.717) is 5.56 Å². The molecule has 22 heavy (non-hydrogen) atoms. The maximum Gasteiger partial charge on any atom is 0.239 e. The average Bonchev–Trinajstić information content (AvgIpc) is 2.54. The number of rotatable bonds is 6. The van der Waals surface area contributed by atoms with Gasteiger partial charge in [-0.3, -0.25) is 4.79 Å². The number of aliphatic hydroxyl groups is 1. The topological polar surface area (TPSA) is 52.6 Å². The zero-order chi connectivity index (χ0) is 15.9. The van der Waals surface area contributed by atoms with Gasteiger partial charge in [0.1, 0.15) is 5.82 Å². The van der Waals surface area contributed by atoms with E-state index in [-0.39, 0.29) is 24.8 Å². The minimum absolute atomic E-state index is 0.0904. The van der Waals surface area contributed by atoms with Crippen molar-refractivity contribution in [2.45, 2.75) is 6.10 Å². The van der Waals surface area contributed by atoms with Gasteiger partial charge in [-0.05, 0) is 29.8 Å². The SMILES string of the molecule is CN(CC(=O)NCC(O)c1ccc(F)cc1)c1ccccc1. The van der Waals surface area contributed by atoms with Gasteiger partial charge in [0.2, 0.25) is 5.91 Å². The predicted octanol–water partition coefficient (Wildman–Crippen LogP) is 2.11. The van der Waals surface area contributed by atoms with E-state index in [4.69, 9.17) is 0 Å². The van der Waals surface area contributed by atoms with Gasteiger partial charge in [-0.15, -0.1) is 0 Å². The molecular formula is C17H19FN2O2. The van der Waals surface area contributed by atoms with Gasteiger partial charge >= 0.3 is 0 Å². The number of aliphatic hydroxyl groups excluding tert-OH is 1. The molecule has 0 aliphatic carbocycles. The first kappa shape index (κ1) is 16.0. The molecule has 0 fully saturated rings. The van der Waals surface area contributed by atoms with Crippen LogP contribution in [0.25, 0.3) is 0 Å². The van der Waals surface area contributed by atoms with Gasteiger partial charge in [0.05, 0.1) is 12.6 Å². The van der Waals surface area contributed by atoms with Gasteiger partial charge in [-0.25, -0.2) is 4.39 Å². The van der Waals surface area contributed by atoms with E-state index in [1.165, 1.54) is 24.3 Å². The Balaban J connectivity index is 1.81. The van der Waals surface area contributed by atoms with Crippen LogP contribution in [-0.2, 0) is 4.79 Å². The van der Waals surface area contributed by atoms with Crippen LogP contribution in [0, 0.1) is 5.82 Å². The van der Waals surface area contributed by atoms with E-state index in [2.05, 4.69) is 5.32 Å². The van der Waals surface area contributed by atoms with Crippen molar-refractivity contribution in [3.63, 3.8) is 0 Å². The Hall–Kier alpha value is -2.40. The molecule has 2 N–H and O–H groups in total. The number of nitrogens with one attached hydrogen (secondary N) is 1. The molecule has 0 aliphatic heterocycles. The van der Waals surface area contributed by atoms with Crippen LogP contribution in [0.15, 0.2) is 54.6 Å². The molecule has 0 aliphatic rings. The molecule has 0 saturated carbocycles. The number of para-hydroxylation sites is 1. The second kappa shape index (κ2) is 7.56. The number of carbonyl (C=O) groups excluding carboxylic acids is 1. The number of hydrogen-bond acceptors (Lipinski definition) is 3. The molecule has 0 spiro atoms. The maximum absolute atomic E-state index is 12.8. The lowest BCUT2D eigenvalue weighted by atomic mass is 10.1. The number of nitrogens with zero attached hydrogens (tertiary/aromatic N) is 1. The molecule has 4 nitrogen and oxygen atoms in total. The van der Waals surface area contributed by atoms with Crippen molar-refractivity contribution in [1.82, 2.24) is 5.32 Å². The lowest BCUT2D eigenvalue weighted by molar-refractivity contribution is -0.120. The number of benzene rings is 2. The molecule has 1 amide bonds. The summed E-state index contributed by atoms with van der Waals surface area (Å²) in [5.41, 5.74) is 1.51. The number of amides is 1. The van der Waals surface area contributed by atoms with E-state index < -0.39 is 6.10 Å². The second-order valence-corrected chi connectivity index (χ2v) is 5.06. The van der Waals surface area contributed by atoms with Crippen molar-refractivity contribution < 1.29 is 14.3 Å². The zero-order valence-corrected chi connectivity index (χ0v) is 12.4. The minimum atomic E-state index is -0.855. The Morgan fingerprint density at radius 1 is 1.18 bits per heavy atom. The van der Waals surface area contributed by atoms with Crippen molar-refractivity contribution in [1.29, 1.82) is 0 Å². The van der Waals surface area contributed by atoms with Gasteiger partial charge < -0.3 is 15.3 Å². The predicted molar refractivity (Wildman–Crippen MR) is 84.1 cm³/mol. The van der Waals surface area contributed by atoms with E-state index >= 15 is 0 Å². The summed E-state index contributed by atoms with van der Waals surface area (Å²) < 4.78 is 12.8. The fourth-order valence-corrected chi connectivity index (χ4v) is 2.06. The van der Waals surface area contributed by atoms with Gasteiger partial charge in [0.25, 0.3) is 0 Å². The van der Waals surface area contributed by atoms with E-state index in [1.54, 1.807) is 0 Å². The summed E-state index contributed by atoms with van der Waals surface area (Å²) in [5, 5.41) is 12.6. The highest BCUT2D eigenvalue weighted by Crippen LogP contribution is 2.13. The molecule has 0 aromatic heterocycles. The third-order valence-electron chi connectivity index (χ3n) is 3.33. The molecular weight excluding hydrogens is 283 g/mol. The minimum Gasteiger partial charge on any atom is -0.387 e. The normalized spacial score (nSPS) is 11.8. The third kappa shape index (κ3) is 4.56. The highest BCUT2D eigenvalue weighted by atomic mass is 19.1. The highest BCUT2D eigenvalue weighted by molar-refractivity contribution is 5.81. The number of halogens is 1. The lowest BCUT2D eigenvalue weighted by Crippen LogP contribution is -2.37. The zero-order valence-electron chi connectivity index (χ0n) is 12.4. The Labute approximate surface area is 129 Å². The summed E-state index contributed by atoms with van der Waals surface area (Å²) >= 11 is 0. The third-order valence-corrected chi connectivity index (χ3v) is 3.33. The fraction of sp³-hybridized carbons (Fsp3) is 0.235. The average molecular weight is 302 g/mol. The molecule has 2 rings (SSSR count). The quantitative estimate of drug-likeness (QED) is 0.859. The number of anilines is 1. The Morgan fingerprint density at radius 3 is 2.45 bits per heavy atom. The first-order valence-corrected chi connectivity index (χ1v) is 7.02. The van der Waals surface area contributed by atoms with Gasteiger partial charge in [-0.2, -0.15) is 0 Å². The maximum atomic E-state index is 12.8. The second-order valence-electron chi connectivity index (χ2n) is 5.06. The first-order chi connectivity index (χ1) is 10.6. The summed E-state index contributed by atoms with van der Waals surface area (Å²) in [6.45, 7) is 0.285. The van der Waals surface area contributed by atoms with Crippen LogP contribution in [0.5, 0.6) is 0 Å². The molecule has 5 heteroatoms. The van der Waals surface area contributed by atoms with Crippen LogP contribution in [0.4, 0.5) is 10.1 Å². The van der Waals surface area contributed by atoms with Crippen molar-refractivity contribution in [2.24, 2.45) is 0 Å². The molecule has 2 aromatic carbocycles. The Kier molecular flexibility index (Phi) is 5.49. The molecule has 0 saturated heterocycles. The Morgan fingerprint density at radius 2 is 1.82 bits per heavy atom. The number of hydrogen-bond donors (Lipinski definition) is 2. The van der Waals surface area contributed by atoms with Gasteiger partial charge in [0, 0.05) is 19.3 Å². The number of carbonyl (C=O) groups is 1. The van der Waals surface area contributed by atoms with Crippen LogP contribution in [0.3, 0.4) is 0 Å². The summed E-state index contributed by atoms with van der Waals surface area (Å²) in [7, 11) is 1.82. The lowest BCUT2D eigenvalue weighted by Gasteiger charge is -2.19.